The molecule has 0 bridgehead atoms. The number of amides is 1. The zero-order chi connectivity index (χ0) is 55.4. The quantitative estimate of drug-likeness (QED) is 0.0195. The molecule has 1 aliphatic heterocycles. The van der Waals surface area contributed by atoms with E-state index >= 15 is 0 Å². The van der Waals surface area contributed by atoms with E-state index < -0.39 is 67.4 Å². The van der Waals surface area contributed by atoms with Crippen LogP contribution < -0.4 is 5.32 Å². The molecule has 1 fully saturated rings. The molecule has 8 unspecified atom stereocenters. The Morgan fingerprint density at radius 1 is 0.526 bits per heavy atom. The first kappa shape index (κ1) is 71.4. The van der Waals surface area contributed by atoms with Crippen LogP contribution in [0, 0.1) is 0 Å². The maximum absolute atomic E-state index is 13.4. The zero-order valence-corrected chi connectivity index (χ0v) is 48.9. The maximum Gasteiger partial charge on any atom is 0.306 e. The molecule has 1 saturated heterocycles. The van der Waals surface area contributed by atoms with E-state index in [-0.39, 0.29) is 19.4 Å². The number of carbonyl (C=O) groups excluding carboxylic acids is 2. The van der Waals surface area contributed by atoms with Gasteiger partial charge in [0.25, 0.3) is 0 Å². The molecule has 6 N–H and O–H groups in total. The molecule has 0 aliphatic carbocycles. The number of ether oxygens (including phenoxy) is 3. The fourth-order valence-corrected chi connectivity index (χ4v) is 9.66. The third-order valence-electron chi connectivity index (χ3n) is 14.7. The van der Waals surface area contributed by atoms with Crippen molar-refractivity contribution < 1.29 is 49.3 Å². The van der Waals surface area contributed by atoms with Gasteiger partial charge in [-0.25, -0.2) is 0 Å². The number of nitrogens with one attached hydrogen (secondary N) is 1. The van der Waals surface area contributed by atoms with Crippen molar-refractivity contribution in [2.45, 2.75) is 327 Å². The lowest BCUT2D eigenvalue weighted by Crippen LogP contribution is -2.61. The van der Waals surface area contributed by atoms with Crippen LogP contribution in [0.25, 0.3) is 0 Å². The largest absolute Gasteiger partial charge is 0.454 e. The fraction of sp³-hybridized carbons (Fsp3) is 0.815. The number of aliphatic hydroxyl groups excluding tert-OH is 5. The highest BCUT2D eigenvalue weighted by atomic mass is 16.7. The van der Waals surface area contributed by atoms with Gasteiger partial charge in [-0.2, -0.15) is 0 Å². The standard InChI is InChI=1S/C65H117NO10/c1-4-7-10-13-16-19-22-24-25-26-27-28-29-30-31-32-33-35-38-41-44-47-50-53-60(70)76-63-62(72)61(71)59(54-67)75-65(63)74-55-56(57(68)51-48-45-42-39-36-21-18-15-12-9-6-3)66-64(73)58(69)52-49-46-43-40-37-34-23-20-17-14-11-8-5-2/h8,11,17,20,24-25,34,37,48,51,56-59,61-63,65,67-69,71-72H,4-7,9-10,12-16,18-19,21-23,26-33,35-36,38-47,49-50,52-55H2,1-3H3,(H,66,73)/b11-8+,20-17+,25-24+,37-34+,51-48+. The minimum absolute atomic E-state index is 0.121. The molecule has 8 atom stereocenters. The average molecular weight is 1070 g/mol. The Kier molecular flexibility index (Phi) is 49.8. The number of rotatable bonds is 53. The van der Waals surface area contributed by atoms with Gasteiger partial charge in [-0.15, -0.1) is 0 Å². The Labute approximate surface area is 465 Å². The van der Waals surface area contributed by atoms with Crippen molar-refractivity contribution in [3.8, 4) is 0 Å². The minimum atomic E-state index is -1.62. The summed E-state index contributed by atoms with van der Waals surface area (Å²) >= 11 is 0. The van der Waals surface area contributed by atoms with Crippen molar-refractivity contribution in [1.29, 1.82) is 0 Å². The van der Waals surface area contributed by atoms with E-state index in [4.69, 9.17) is 14.2 Å². The molecule has 11 nitrogen and oxygen atoms in total. The summed E-state index contributed by atoms with van der Waals surface area (Å²) in [5.74, 6) is -1.21. The van der Waals surface area contributed by atoms with Crippen molar-refractivity contribution in [2.24, 2.45) is 0 Å². The zero-order valence-electron chi connectivity index (χ0n) is 48.9. The summed E-state index contributed by atoms with van der Waals surface area (Å²) < 4.78 is 17.6. The summed E-state index contributed by atoms with van der Waals surface area (Å²) in [6.07, 6.45) is 55.6. The van der Waals surface area contributed by atoms with Crippen LogP contribution in [0.5, 0.6) is 0 Å². The molecule has 0 saturated carbocycles. The van der Waals surface area contributed by atoms with E-state index in [2.05, 4.69) is 74.7 Å². The fourth-order valence-electron chi connectivity index (χ4n) is 9.66. The molecule has 1 amide bonds. The lowest BCUT2D eigenvalue weighted by atomic mass is 9.99. The Balaban J connectivity index is 2.61. The van der Waals surface area contributed by atoms with Gasteiger partial charge in [0.1, 0.15) is 24.4 Å². The van der Waals surface area contributed by atoms with E-state index in [1.807, 2.05) is 6.08 Å². The van der Waals surface area contributed by atoms with Crippen molar-refractivity contribution in [3.05, 3.63) is 60.8 Å². The lowest BCUT2D eigenvalue weighted by molar-refractivity contribution is -0.305. The Bertz CT molecular complexity index is 1460. The number of esters is 1. The van der Waals surface area contributed by atoms with Crippen LogP contribution in [0.2, 0.25) is 0 Å². The highest BCUT2D eigenvalue weighted by Gasteiger charge is 2.47. The molecule has 11 heteroatoms. The van der Waals surface area contributed by atoms with E-state index in [1.165, 1.54) is 154 Å². The van der Waals surface area contributed by atoms with Gasteiger partial charge in [0, 0.05) is 6.42 Å². The van der Waals surface area contributed by atoms with Gasteiger partial charge in [-0.3, -0.25) is 9.59 Å². The summed E-state index contributed by atoms with van der Waals surface area (Å²) in [7, 11) is 0. The first-order valence-corrected chi connectivity index (χ1v) is 31.6. The van der Waals surface area contributed by atoms with E-state index in [9.17, 15) is 35.1 Å². The predicted molar refractivity (Wildman–Crippen MR) is 315 cm³/mol. The summed E-state index contributed by atoms with van der Waals surface area (Å²) in [5.41, 5.74) is 0. The molecule has 1 aliphatic rings. The molecule has 0 spiro atoms. The van der Waals surface area contributed by atoms with Crippen LogP contribution in [0.3, 0.4) is 0 Å². The number of allylic oxidation sites excluding steroid dienone is 9. The van der Waals surface area contributed by atoms with Crippen LogP contribution >= 0.6 is 0 Å². The number of unbranched alkanes of at least 4 members (excludes halogenated alkanes) is 31. The van der Waals surface area contributed by atoms with Gasteiger partial charge in [-0.05, 0) is 83.5 Å². The van der Waals surface area contributed by atoms with Crippen LogP contribution in [-0.4, -0.2) is 99.6 Å². The van der Waals surface area contributed by atoms with Crippen molar-refractivity contribution in [1.82, 2.24) is 5.32 Å². The van der Waals surface area contributed by atoms with Crippen molar-refractivity contribution >= 4 is 11.9 Å². The maximum atomic E-state index is 13.4. The van der Waals surface area contributed by atoms with Gasteiger partial charge < -0.3 is 45.1 Å². The Hall–Kier alpha value is -2.64. The lowest BCUT2D eigenvalue weighted by Gasteiger charge is -2.41. The average Bonchev–Trinajstić information content (AvgIpc) is 3.42. The Morgan fingerprint density at radius 2 is 0.947 bits per heavy atom. The number of hydrogen-bond donors (Lipinski definition) is 6. The van der Waals surface area contributed by atoms with Crippen LogP contribution in [0.15, 0.2) is 60.8 Å². The normalized spacial score (nSPS) is 19.5. The smallest absolute Gasteiger partial charge is 0.306 e. The van der Waals surface area contributed by atoms with E-state index in [1.54, 1.807) is 6.08 Å². The van der Waals surface area contributed by atoms with Gasteiger partial charge in [0.2, 0.25) is 5.91 Å². The molecule has 0 aromatic carbocycles. The molecular formula is C65H117NO10. The number of carbonyl (C=O) groups is 2. The van der Waals surface area contributed by atoms with E-state index in [0.29, 0.717) is 12.8 Å². The topological polar surface area (TPSA) is 175 Å². The van der Waals surface area contributed by atoms with Crippen molar-refractivity contribution in [2.75, 3.05) is 13.2 Å². The second kappa shape index (κ2) is 53.0. The first-order valence-electron chi connectivity index (χ1n) is 31.6. The number of hydrogen-bond acceptors (Lipinski definition) is 10. The summed E-state index contributed by atoms with van der Waals surface area (Å²) in [6.45, 7) is 5.66. The molecule has 0 aromatic heterocycles. The molecule has 442 valence electrons. The second-order valence-corrected chi connectivity index (χ2v) is 21.8. The summed E-state index contributed by atoms with van der Waals surface area (Å²) in [6, 6.07) is -1.04. The molecule has 76 heavy (non-hydrogen) atoms. The minimum Gasteiger partial charge on any atom is -0.454 e. The van der Waals surface area contributed by atoms with Crippen LogP contribution in [-0.2, 0) is 23.8 Å². The van der Waals surface area contributed by atoms with Crippen molar-refractivity contribution in [3.63, 3.8) is 0 Å². The van der Waals surface area contributed by atoms with Crippen LogP contribution in [0.1, 0.15) is 278 Å². The SMILES string of the molecule is CC/C=C/C/C=C/C/C=C/CCCCCC(O)C(=O)NC(COC1OC(CO)C(O)C(O)C1OC(=O)CCCCCCCCCCCCCCC/C=C/CCCCCCCC)C(O)/C=C/CCCCCCCCCCC. The first-order chi connectivity index (χ1) is 37.2. The highest BCUT2D eigenvalue weighted by molar-refractivity contribution is 5.80. The Morgan fingerprint density at radius 3 is 1.43 bits per heavy atom. The number of aliphatic hydroxyl groups is 5. The van der Waals surface area contributed by atoms with Gasteiger partial charge >= 0.3 is 5.97 Å². The summed E-state index contributed by atoms with van der Waals surface area (Å²) in [4.78, 5) is 26.5. The van der Waals surface area contributed by atoms with Crippen LogP contribution in [0.4, 0.5) is 0 Å². The van der Waals surface area contributed by atoms with Gasteiger partial charge in [0.15, 0.2) is 12.4 Å². The second-order valence-electron chi connectivity index (χ2n) is 21.8. The monoisotopic (exact) mass is 1070 g/mol. The summed E-state index contributed by atoms with van der Waals surface area (Å²) in [5, 5.41) is 56.9. The van der Waals surface area contributed by atoms with Gasteiger partial charge in [-0.1, -0.05) is 248 Å². The molecule has 1 heterocycles. The molecule has 0 radical (unpaired) electrons. The third-order valence-corrected chi connectivity index (χ3v) is 14.7. The molecule has 1 rings (SSSR count). The highest BCUT2D eigenvalue weighted by Crippen LogP contribution is 2.26. The third kappa shape index (κ3) is 40.5. The predicted octanol–water partition coefficient (Wildman–Crippen LogP) is 15.0. The van der Waals surface area contributed by atoms with E-state index in [0.717, 1.165) is 77.0 Å². The van der Waals surface area contributed by atoms with Gasteiger partial charge in [0.05, 0.1) is 25.4 Å². The molecular weight excluding hydrogens is 955 g/mol. The molecule has 0 aromatic rings.